The first-order chi connectivity index (χ1) is 9.99. The van der Waals surface area contributed by atoms with Crippen molar-refractivity contribution in [1.82, 2.24) is 14.5 Å². The lowest BCUT2D eigenvalue weighted by molar-refractivity contribution is -0.116. The Morgan fingerprint density at radius 3 is 2.90 bits per heavy atom. The number of anilines is 1. The molecule has 2 aromatic rings. The summed E-state index contributed by atoms with van der Waals surface area (Å²) in [7, 11) is 0. The van der Waals surface area contributed by atoms with Crippen LogP contribution in [-0.4, -0.2) is 20.4 Å². The summed E-state index contributed by atoms with van der Waals surface area (Å²) in [5, 5.41) is 2.62. The highest BCUT2D eigenvalue weighted by Crippen LogP contribution is 2.07. The van der Waals surface area contributed by atoms with E-state index in [0.717, 1.165) is 16.6 Å². The van der Waals surface area contributed by atoms with Crippen molar-refractivity contribution in [3.05, 3.63) is 56.5 Å². The van der Waals surface area contributed by atoms with E-state index in [0.29, 0.717) is 11.4 Å². The number of aromatic nitrogens is 3. The summed E-state index contributed by atoms with van der Waals surface area (Å²) in [6.45, 7) is 3.39. The number of amides is 1. The van der Waals surface area contributed by atoms with E-state index in [-0.39, 0.29) is 12.5 Å². The van der Waals surface area contributed by atoms with Crippen LogP contribution < -0.4 is 16.6 Å². The Morgan fingerprint density at radius 2 is 2.19 bits per heavy atom. The van der Waals surface area contributed by atoms with Gasteiger partial charge in [-0.05, 0) is 31.0 Å². The number of H-pyrrole nitrogens is 1. The van der Waals surface area contributed by atoms with E-state index in [4.69, 9.17) is 0 Å². The number of hydrogen-bond acceptors (Lipinski definition) is 4. The first-order valence-corrected chi connectivity index (χ1v) is 6.54. The zero-order valence-electron chi connectivity index (χ0n) is 11.8. The van der Waals surface area contributed by atoms with Gasteiger partial charge >= 0.3 is 5.69 Å². The largest absolute Gasteiger partial charge is 0.328 e. The summed E-state index contributed by atoms with van der Waals surface area (Å²) in [5.74, 6) is 0.0536. The summed E-state index contributed by atoms with van der Waals surface area (Å²) in [4.78, 5) is 41.0. The van der Waals surface area contributed by atoms with Crippen molar-refractivity contribution in [2.45, 2.75) is 26.8 Å². The number of nitrogens with one attached hydrogen (secondary N) is 2. The molecular weight excluding hydrogens is 272 g/mol. The Kier molecular flexibility index (Phi) is 4.32. The smallest absolute Gasteiger partial charge is 0.309 e. The second-order valence-corrected chi connectivity index (χ2v) is 4.65. The molecule has 0 saturated heterocycles. The fourth-order valence-electron chi connectivity index (χ4n) is 1.84. The molecule has 2 aromatic heterocycles. The van der Waals surface area contributed by atoms with Gasteiger partial charge in [0.15, 0.2) is 0 Å². The zero-order valence-corrected chi connectivity index (χ0v) is 11.8. The van der Waals surface area contributed by atoms with Crippen LogP contribution in [0.3, 0.4) is 0 Å². The Morgan fingerprint density at radius 1 is 1.43 bits per heavy atom. The number of carbonyl (C=O) groups is 1. The van der Waals surface area contributed by atoms with Gasteiger partial charge in [-0.25, -0.2) is 9.78 Å². The molecule has 0 radical (unpaired) electrons. The molecule has 0 bridgehead atoms. The zero-order chi connectivity index (χ0) is 15.4. The predicted octanol–water partition coefficient (Wildman–Crippen LogP) is 0.441. The second-order valence-electron chi connectivity index (χ2n) is 4.65. The fourth-order valence-corrected chi connectivity index (χ4v) is 1.84. The van der Waals surface area contributed by atoms with Gasteiger partial charge in [0.2, 0.25) is 5.91 Å². The van der Waals surface area contributed by atoms with E-state index in [2.05, 4.69) is 15.3 Å². The number of rotatable bonds is 4. The maximum absolute atomic E-state index is 11.9. The Labute approximate surface area is 120 Å². The number of carbonyl (C=O) groups excluding carboxylic acids is 1. The topological polar surface area (TPSA) is 96.8 Å². The van der Waals surface area contributed by atoms with Gasteiger partial charge in [-0.2, -0.15) is 0 Å². The molecule has 0 aliphatic heterocycles. The van der Waals surface area contributed by atoms with E-state index in [1.807, 2.05) is 13.0 Å². The molecule has 0 spiro atoms. The molecule has 21 heavy (non-hydrogen) atoms. The quantitative estimate of drug-likeness (QED) is 0.853. The highest BCUT2D eigenvalue weighted by Gasteiger charge is 2.08. The van der Waals surface area contributed by atoms with Gasteiger partial charge in [0, 0.05) is 18.0 Å². The van der Waals surface area contributed by atoms with Crippen LogP contribution in [0.5, 0.6) is 0 Å². The molecule has 0 unspecified atom stereocenters. The van der Waals surface area contributed by atoms with Crippen molar-refractivity contribution >= 4 is 11.7 Å². The molecule has 2 heterocycles. The maximum atomic E-state index is 11.9. The van der Waals surface area contributed by atoms with Gasteiger partial charge in [-0.1, -0.05) is 6.92 Å². The van der Waals surface area contributed by atoms with Crippen molar-refractivity contribution in [3.8, 4) is 0 Å². The van der Waals surface area contributed by atoms with Gasteiger partial charge < -0.3 is 5.32 Å². The first kappa shape index (κ1) is 14.7. The van der Waals surface area contributed by atoms with Crippen molar-refractivity contribution in [2.24, 2.45) is 0 Å². The molecule has 0 aliphatic carbocycles. The van der Waals surface area contributed by atoms with Gasteiger partial charge in [0.05, 0.1) is 0 Å². The minimum Gasteiger partial charge on any atom is -0.309 e. The minimum absolute atomic E-state index is 0.186. The third-order valence-electron chi connectivity index (χ3n) is 3.00. The molecule has 110 valence electrons. The Balaban J connectivity index is 2.13. The van der Waals surface area contributed by atoms with E-state index in [1.165, 1.54) is 6.20 Å². The summed E-state index contributed by atoms with van der Waals surface area (Å²) >= 11 is 0. The lowest BCUT2D eigenvalue weighted by Crippen LogP contribution is -2.34. The lowest BCUT2D eigenvalue weighted by atomic mass is 10.2. The van der Waals surface area contributed by atoms with Crippen molar-refractivity contribution < 1.29 is 4.79 Å². The van der Waals surface area contributed by atoms with Crippen molar-refractivity contribution in [2.75, 3.05) is 5.32 Å². The Bertz CT molecular complexity index is 776. The molecule has 0 atom stereocenters. The summed E-state index contributed by atoms with van der Waals surface area (Å²) in [6, 6.07) is 3.64. The standard InChI is InChI=1S/C14H16N4O3/c1-3-10-4-5-15-11(6-10)16-12(19)8-18-7-9(2)13(20)17-14(18)21/h4-7H,3,8H2,1-2H3,(H,15,16,19)(H,17,20,21). The molecular formula is C14H16N4O3. The maximum Gasteiger partial charge on any atom is 0.328 e. The van der Waals surface area contributed by atoms with Crippen molar-refractivity contribution in [3.63, 3.8) is 0 Å². The van der Waals surface area contributed by atoms with Crippen molar-refractivity contribution in [1.29, 1.82) is 0 Å². The number of pyridine rings is 1. The van der Waals surface area contributed by atoms with Crippen LogP contribution in [-0.2, 0) is 17.8 Å². The van der Waals surface area contributed by atoms with Gasteiger partial charge in [-0.15, -0.1) is 0 Å². The fraction of sp³-hybridized carbons (Fsp3) is 0.286. The molecule has 2 N–H and O–H groups in total. The van der Waals surface area contributed by atoms with Crippen LogP contribution in [0.25, 0.3) is 0 Å². The van der Waals surface area contributed by atoms with Gasteiger partial charge in [0.1, 0.15) is 12.4 Å². The monoisotopic (exact) mass is 288 g/mol. The van der Waals surface area contributed by atoms with Crippen LogP contribution in [0.15, 0.2) is 34.1 Å². The molecule has 0 saturated carbocycles. The van der Waals surface area contributed by atoms with Gasteiger partial charge in [-0.3, -0.25) is 19.1 Å². The highest BCUT2D eigenvalue weighted by molar-refractivity contribution is 5.89. The van der Waals surface area contributed by atoms with E-state index in [9.17, 15) is 14.4 Å². The van der Waals surface area contributed by atoms with Crippen LogP contribution in [0.1, 0.15) is 18.1 Å². The lowest BCUT2D eigenvalue weighted by Gasteiger charge is -2.07. The second kappa shape index (κ2) is 6.17. The van der Waals surface area contributed by atoms with Crippen LogP contribution in [0.4, 0.5) is 5.82 Å². The summed E-state index contributed by atoms with van der Waals surface area (Å²) in [6.07, 6.45) is 3.81. The minimum atomic E-state index is -0.615. The van der Waals surface area contributed by atoms with E-state index < -0.39 is 11.2 Å². The number of hydrogen-bond donors (Lipinski definition) is 2. The normalized spacial score (nSPS) is 10.4. The third kappa shape index (κ3) is 3.65. The SMILES string of the molecule is CCc1ccnc(NC(=O)Cn2cc(C)c(=O)[nH]c2=O)c1. The molecule has 0 aromatic carbocycles. The summed E-state index contributed by atoms with van der Waals surface area (Å²) < 4.78 is 1.15. The van der Waals surface area contributed by atoms with E-state index in [1.54, 1.807) is 19.2 Å². The first-order valence-electron chi connectivity index (χ1n) is 6.54. The molecule has 7 heteroatoms. The number of aromatic amines is 1. The molecule has 0 aliphatic rings. The number of nitrogens with zero attached hydrogens (tertiary/aromatic N) is 2. The molecule has 1 amide bonds. The molecule has 0 fully saturated rings. The average molecular weight is 288 g/mol. The van der Waals surface area contributed by atoms with Crippen LogP contribution in [0.2, 0.25) is 0 Å². The average Bonchev–Trinajstić information content (AvgIpc) is 2.45. The Hall–Kier alpha value is -2.70. The van der Waals surface area contributed by atoms with Crippen LogP contribution >= 0.6 is 0 Å². The van der Waals surface area contributed by atoms with Gasteiger partial charge in [0.25, 0.3) is 5.56 Å². The number of aryl methyl sites for hydroxylation is 2. The highest BCUT2D eigenvalue weighted by atomic mass is 16.2. The summed E-state index contributed by atoms with van der Waals surface area (Å²) in [5.41, 5.74) is 0.357. The molecule has 7 nitrogen and oxygen atoms in total. The van der Waals surface area contributed by atoms with E-state index >= 15 is 0 Å². The van der Waals surface area contributed by atoms with Crippen LogP contribution in [0, 0.1) is 6.92 Å². The third-order valence-corrected chi connectivity index (χ3v) is 3.00. The predicted molar refractivity (Wildman–Crippen MR) is 78.3 cm³/mol. The molecule has 2 rings (SSSR count).